The van der Waals surface area contributed by atoms with Gasteiger partial charge in [-0.1, -0.05) is 46.3 Å². The molecule has 1 amide bonds. The number of hydrogen-bond donors (Lipinski definition) is 2. The van der Waals surface area contributed by atoms with Crippen molar-refractivity contribution in [1.82, 2.24) is 15.4 Å². The standard InChI is InChI=1S/C21H15ClN6O2S/c22-19-16-11-23-10-13(16)4-5-17(19)25-21-27-26-20(31-21)12-2-1-3-14(8-12)24-18(29)9-15-6-7-30-28-15/h1-8,11H,9-10H2,(H,24,29)(H,25,27). The van der Waals surface area contributed by atoms with Crippen molar-refractivity contribution in [3.8, 4) is 10.6 Å². The molecule has 0 aliphatic carbocycles. The third-order valence-electron chi connectivity index (χ3n) is 4.64. The summed E-state index contributed by atoms with van der Waals surface area (Å²) >= 11 is 7.89. The lowest BCUT2D eigenvalue weighted by Gasteiger charge is -2.08. The lowest BCUT2D eigenvalue weighted by molar-refractivity contribution is -0.115. The molecule has 8 nitrogen and oxygen atoms in total. The van der Waals surface area contributed by atoms with Gasteiger partial charge in [-0.3, -0.25) is 9.79 Å². The van der Waals surface area contributed by atoms with Crippen molar-refractivity contribution in [3.05, 3.63) is 70.6 Å². The molecule has 0 saturated heterocycles. The molecule has 0 atom stereocenters. The Morgan fingerprint density at radius 3 is 3.00 bits per heavy atom. The van der Waals surface area contributed by atoms with Crippen molar-refractivity contribution in [3.63, 3.8) is 0 Å². The summed E-state index contributed by atoms with van der Waals surface area (Å²) in [5.74, 6) is -0.180. The number of anilines is 3. The van der Waals surface area contributed by atoms with Crippen LogP contribution in [0.1, 0.15) is 16.8 Å². The van der Waals surface area contributed by atoms with Crippen LogP contribution in [0.15, 0.2) is 58.2 Å². The predicted octanol–water partition coefficient (Wildman–Crippen LogP) is 4.70. The molecule has 2 aromatic heterocycles. The first kappa shape index (κ1) is 19.4. The van der Waals surface area contributed by atoms with Crippen LogP contribution in [0.3, 0.4) is 0 Å². The Kier molecular flexibility index (Phi) is 5.19. The highest BCUT2D eigenvalue weighted by Gasteiger charge is 2.15. The van der Waals surface area contributed by atoms with Crippen molar-refractivity contribution >= 4 is 51.6 Å². The highest BCUT2D eigenvalue weighted by atomic mass is 35.5. The van der Waals surface area contributed by atoms with Crippen LogP contribution in [-0.2, 0) is 17.8 Å². The Balaban J connectivity index is 1.30. The number of nitrogens with zero attached hydrogens (tertiary/aromatic N) is 4. The SMILES string of the molecule is O=C(Cc1ccon1)Nc1cccc(-c2nnc(Nc3ccc4c(c3Cl)C=NC4)s2)c1. The second kappa shape index (κ2) is 8.29. The number of carbonyl (C=O) groups excluding carboxylic acids is 1. The summed E-state index contributed by atoms with van der Waals surface area (Å²) in [5, 5.41) is 20.3. The second-order valence-electron chi connectivity index (χ2n) is 6.80. The minimum absolute atomic E-state index is 0.139. The van der Waals surface area contributed by atoms with Crippen LogP contribution < -0.4 is 10.6 Å². The molecule has 2 aromatic carbocycles. The fourth-order valence-corrected chi connectivity index (χ4v) is 4.21. The molecule has 0 fully saturated rings. The number of fused-ring (bicyclic) bond motifs is 1. The smallest absolute Gasteiger partial charge is 0.230 e. The zero-order valence-corrected chi connectivity index (χ0v) is 17.6. The minimum atomic E-state index is -0.180. The van der Waals surface area contributed by atoms with Gasteiger partial charge in [-0.2, -0.15) is 0 Å². The predicted molar refractivity (Wildman–Crippen MR) is 120 cm³/mol. The van der Waals surface area contributed by atoms with E-state index < -0.39 is 0 Å². The molecule has 0 unspecified atom stereocenters. The van der Waals surface area contributed by atoms with Gasteiger partial charge in [0, 0.05) is 29.1 Å². The molecule has 31 heavy (non-hydrogen) atoms. The summed E-state index contributed by atoms with van der Waals surface area (Å²) in [6.45, 7) is 0.657. The van der Waals surface area contributed by atoms with Crippen molar-refractivity contribution in [2.75, 3.05) is 10.6 Å². The third kappa shape index (κ3) is 4.18. The number of aromatic nitrogens is 3. The molecule has 2 N–H and O–H groups in total. The Hall–Kier alpha value is -3.56. The molecular weight excluding hydrogens is 436 g/mol. The molecule has 154 valence electrons. The average molecular weight is 451 g/mol. The van der Waals surface area contributed by atoms with Crippen LogP contribution in [0.2, 0.25) is 5.02 Å². The van der Waals surface area contributed by atoms with E-state index in [-0.39, 0.29) is 12.3 Å². The van der Waals surface area contributed by atoms with Gasteiger partial charge < -0.3 is 15.2 Å². The first-order chi connectivity index (χ1) is 15.2. The van der Waals surface area contributed by atoms with Gasteiger partial charge in [0.05, 0.1) is 29.4 Å². The highest BCUT2D eigenvalue weighted by Crippen LogP contribution is 2.35. The van der Waals surface area contributed by atoms with E-state index in [0.717, 1.165) is 22.4 Å². The first-order valence-electron chi connectivity index (χ1n) is 9.37. The number of aliphatic imine (C=N–C) groups is 1. The zero-order valence-electron chi connectivity index (χ0n) is 16.0. The maximum atomic E-state index is 12.2. The fraction of sp³-hybridized carbons (Fsp3) is 0.0952. The third-order valence-corrected chi connectivity index (χ3v) is 5.94. The Morgan fingerprint density at radius 2 is 2.13 bits per heavy atom. The van der Waals surface area contributed by atoms with E-state index in [1.54, 1.807) is 12.3 Å². The van der Waals surface area contributed by atoms with E-state index in [0.29, 0.717) is 33.1 Å². The summed E-state index contributed by atoms with van der Waals surface area (Å²) in [7, 11) is 0. The second-order valence-corrected chi connectivity index (χ2v) is 8.16. The molecule has 1 aliphatic rings. The Labute approximate surface area is 186 Å². The Morgan fingerprint density at radius 1 is 1.19 bits per heavy atom. The number of hydrogen-bond acceptors (Lipinski definition) is 8. The van der Waals surface area contributed by atoms with Gasteiger partial charge in [-0.05, 0) is 23.8 Å². The molecule has 0 spiro atoms. The summed E-state index contributed by atoms with van der Waals surface area (Å²) in [6, 6.07) is 13.0. The Bertz CT molecular complexity index is 1290. The van der Waals surface area contributed by atoms with Crippen molar-refractivity contribution in [1.29, 1.82) is 0 Å². The van der Waals surface area contributed by atoms with Gasteiger partial charge in [0.25, 0.3) is 0 Å². The topological polar surface area (TPSA) is 105 Å². The maximum absolute atomic E-state index is 12.2. The number of rotatable bonds is 6. The van der Waals surface area contributed by atoms with Crippen LogP contribution in [0.4, 0.5) is 16.5 Å². The fourth-order valence-electron chi connectivity index (χ4n) is 3.18. The van der Waals surface area contributed by atoms with Gasteiger partial charge in [0.1, 0.15) is 11.3 Å². The summed E-state index contributed by atoms with van der Waals surface area (Å²) in [5.41, 5.74) is 4.88. The maximum Gasteiger partial charge on any atom is 0.230 e. The van der Waals surface area contributed by atoms with E-state index in [1.165, 1.54) is 17.6 Å². The molecule has 10 heteroatoms. The molecular formula is C21H15ClN6O2S. The number of nitrogens with one attached hydrogen (secondary N) is 2. The van der Waals surface area contributed by atoms with Crippen LogP contribution in [-0.4, -0.2) is 27.5 Å². The van der Waals surface area contributed by atoms with Crippen LogP contribution in [0.5, 0.6) is 0 Å². The number of benzene rings is 2. The zero-order chi connectivity index (χ0) is 21.2. The van der Waals surface area contributed by atoms with Crippen molar-refractivity contribution in [2.45, 2.75) is 13.0 Å². The van der Waals surface area contributed by atoms with Gasteiger partial charge in [-0.25, -0.2) is 0 Å². The van der Waals surface area contributed by atoms with Gasteiger partial charge in [0.2, 0.25) is 11.0 Å². The quantitative estimate of drug-likeness (QED) is 0.441. The van der Waals surface area contributed by atoms with E-state index in [9.17, 15) is 4.79 Å². The highest BCUT2D eigenvalue weighted by molar-refractivity contribution is 7.18. The summed E-state index contributed by atoms with van der Waals surface area (Å²) < 4.78 is 4.75. The number of carbonyl (C=O) groups is 1. The van der Waals surface area contributed by atoms with Crippen LogP contribution >= 0.6 is 22.9 Å². The van der Waals surface area contributed by atoms with Gasteiger partial charge in [-0.15, -0.1) is 10.2 Å². The van der Waals surface area contributed by atoms with Crippen molar-refractivity contribution < 1.29 is 9.32 Å². The van der Waals surface area contributed by atoms with E-state index >= 15 is 0 Å². The van der Waals surface area contributed by atoms with Crippen LogP contribution in [0.25, 0.3) is 10.6 Å². The van der Waals surface area contributed by atoms with E-state index in [2.05, 4.69) is 31.0 Å². The number of halogens is 1. The molecule has 0 saturated carbocycles. The van der Waals surface area contributed by atoms with Crippen molar-refractivity contribution in [2.24, 2.45) is 4.99 Å². The molecule has 0 bridgehead atoms. The normalized spacial score (nSPS) is 12.0. The van der Waals surface area contributed by atoms with Crippen LogP contribution in [0, 0.1) is 0 Å². The molecule has 1 aliphatic heterocycles. The minimum Gasteiger partial charge on any atom is -0.364 e. The monoisotopic (exact) mass is 450 g/mol. The number of amides is 1. The lowest BCUT2D eigenvalue weighted by atomic mass is 10.1. The van der Waals surface area contributed by atoms with Gasteiger partial charge >= 0.3 is 0 Å². The molecule has 5 rings (SSSR count). The summed E-state index contributed by atoms with van der Waals surface area (Å²) in [6.07, 6.45) is 3.37. The molecule has 3 heterocycles. The lowest BCUT2D eigenvalue weighted by Crippen LogP contribution is -2.14. The average Bonchev–Trinajstić information content (AvgIpc) is 3.52. The van der Waals surface area contributed by atoms with Gasteiger partial charge in [0.15, 0.2) is 0 Å². The molecule has 4 aromatic rings. The van der Waals surface area contributed by atoms with E-state index in [4.69, 9.17) is 16.1 Å². The summed E-state index contributed by atoms with van der Waals surface area (Å²) in [4.78, 5) is 16.5. The van der Waals surface area contributed by atoms with E-state index in [1.807, 2.05) is 36.4 Å². The largest absolute Gasteiger partial charge is 0.364 e. The molecule has 0 radical (unpaired) electrons. The first-order valence-corrected chi connectivity index (χ1v) is 10.6.